The van der Waals surface area contributed by atoms with Crippen LogP contribution in [0.3, 0.4) is 0 Å². The van der Waals surface area contributed by atoms with Crippen LogP contribution in [0.15, 0.2) is 15.8 Å². The van der Waals surface area contributed by atoms with E-state index in [-0.39, 0.29) is 6.42 Å². The molecule has 1 fully saturated rings. The summed E-state index contributed by atoms with van der Waals surface area (Å²) in [6, 6.07) is 0. The van der Waals surface area contributed by atoms with Crippen LogP contribution in [0.2, 0.25) is 0 Å². The highest BCUT2D eigenvalue weighted by Crippen LogP contribution is 2.43. The summed E-state index contributed by atoms with van der Waals surface area (Å²) in [5.74, 6) is -1.56. The number of aliphatic hydroxyl groups is 1. The minimum absolute atomic E-state index is 0.0940. The van der Waals surface area contributed by atoms with Crippen molar-refractivity contribution < 1.29 is 23.7 Å². The van der Waals surface area contributed by atoms with Crippen molar-refractivity contribution in [3.8, 4) is 0 Å². The molecule has 1 aromatic heterocycles. The fraction of sp³-hybridized carbons (Fsp3) is 0.636. The number of thiol groups is 1. The van der Waals surface area contributed by atoms with E-state index in [1.807, 2.05) is 0 Å². The van der Waals surface area contributed by atoms with E-state index in [1.54, 1.807) is 6.92 Å². The Morgan fingerprint density at radius 3 is 2.86 bits per heavy atom. The van der Waals surface area contributed by atoms with Gasteiger partial charge in [0, 0.05) is 25.3 Å². The van der Waals surface area contributed by atoms with Gasteiger partial charge >= 0.3 is 5.69 Å². The lowest BCUT2D eigenvalue weighted by Gasteiger charge is -2.30. The van der Waals surface area contributed by atoms with Crippen molar-refractivity contribution in [1.29, 1.82) is 0 Å². The SMILES string of the molecule is CO[C@]1(CO)O[C@@H](n2cc(C)c(=O)[nH]c2=O)C[C@@H]1O[PH](=O)S. The average molecular weight is 352 g/mol. The number of aromatic nitrogens is 2. The number of ether oxygens (including phenoxy) is 2. The summed E-state index contributed by atoms with van der Waals surface area (Å²) in [6.07, 6.45) is -0.294. The first-order chi connectivity index (χ1) is 10.3. The van der Waals surface area contributed by atoms with Gasteiger partial charge in [-0.25, -0.2) is 4.79 Å². The third-order valence-electron chi connectivity index (χ3n) is 3.51. The molecule has 0 saturated carbocycles. The number of methoxy groups -OCH3 is 1. The van der Waals surface area contributed by atoms with Crippen LogP contribution in [-0.2, 0) is 18.6 Å². The van der Waals surface area contributed by atoms with Gasteiger partial charge in [-0.1, -0.05) is 12.2 Å². The van der Waals surface area contributed by atoms with Crippen LogP contribution in [0.4, 0.5) is 0 Å². The van der Waals surface area contributed by atoms with Crippen LogP contribution in [0.5, 0.6) is 0 Å². The Kier molecular flexibility index (Phi) is 5.31. The molecule has 2 rings (SSSR count). The van der Waals surface area contributed by atoms with Gasteiger partial charge in [-0.3, -0.25) is 18.9 Å². The van der Waals surface area contributed by atoms with Crippen molar-refractivity contribution >= 4 is 19.5 Å². The number of nitrogens with zero attached hydrogens (tertiary/aromatic N) is 1. The summed E-state index contributed by atoms with van der Waals surface area (Å²) in [7, 11) is -1.31. The third kappa shape index (κ3) is 3.22. The Balaban J connectivity index is 2.39. The Labute approximate surface area is 131 Å². The molecule has 124 valence electrons. The zero-order chi connectivity index (χ0) is 16.5. The Morgan fingerprint density at radius 2 is 2.32 bits per heavy atom. The van der Waals surface area contributed by atoms with E-state index in [0.29, 0.717) is 5.56 Å². The van der Waals surface area contributed by atoms with E-state index in [4.69, 9.17) is 14.0 Å². The number of aryl methyl sites for hydroxylation is 1. The van der Waals surface area contributed by atoms with E-state index in [1.165, 1.54) is 17.9 Å². The fourth-order valence-electron chi connectivity index (χ4n) is 2.33. The number of aromatic amines is 1. The van der Waals surface area contributed by atoms with E-state index in [2.05, 4.69) is 17.2 Å². The molecule has 0 bridgehead atoms. The molecule has 0 amide bonds. The van der Waals surface area contributed by atoms with Gasteiger partial charge in [-0.2, -0.15) is 0 Å². The van der Waals surface area contributed by atoms with Gasteiger partial charge in [0.15, 0.2) is 0 Å². The van der Waals surface area contributed by atoms with Gasteiger partial charge in [-0.15, -0.1) is 0 Å². The molecule has 1 saturated heterocycles. The van der Waals surface area contributed by atoms with Gasteiger partial charge in [0.25, 0.3) is 5.56 Å². The average Bonchev–Trinajstić information content (AvgIpc) is 2.81. The second-order valence-corrected chi connectivity index (χ2v) is 6.70. The first kappa shape index (κ1) is 17.5. The number of hydrogen-bond donors (Lipinski definition) is 3. The maximum Gasteiger partial charge on any atom is 0.330 e. The van der Waals surface area contributed by atoms with Crippen molar-refractivity contribution in [3.05, 3.63) is 32.6 Å². The minimum Gasteiger partial charge on any atom is -0.391 e. The van der Waals surface area contributed by atoms with Crippen LogP contribution in [0, 0.1) is 6.92 Å². The second kappa shape index (κ2) is 6.69. The first-order valence-corrected chi connectivity index (χ1v) is 8.99. The highest BCUT2D eigenvalue weighted by molar-refractivity contribution is 8.39. The van der Waals surface area contributed by atoms with E-state index < -0.39 is 43.2 Å². The van der Waals surface area contributed by atoms with E-state index in [9.17, 15) is 19.3 Å². The molecule has 1 unspecified atom stereocenters. The third-order valence-corrected chi connectivity index (χ3v) is 4.31. The van der Waals surface area contributed by atoms with Crippen LogP contribution in [0.25, 0.3) is 0 Å². The molecule has 1 aromatic rings. The predicted molar refractivity (Wildman–Crippen MR) is 80.5 cm³/mol. The Hall–Kier alpha value is -0.900. The van der Waals surface area contributed by atoms with Gasteiger partial charge in [-0.05, 0) is 6.92 Å². The number of H-pyrrole nitrogens is 1. The topological polar surface area (TPSA) is 120 Å². The van der Waals surface area contributed by atoms with Crippen molar-refractivity contribution in [2.45, 2.75) is 31.5 Å². The van der Waals surface area contributed by atoms with Gasteiger partial charge in [0.05, 0.1) is 6.61 Å². The first-order valence-electron chi connectivity index (χ1n) is 6.38. The van der Waals surface area contributed by atoms with Crippen molar-refractivity contribution in [2.24, 2.45) is 0 Å². The summed E-state index contributed by atoms with van der Waals surface area (Å²) < 4.78 is 28.4. The smallest absolute Gasteiger partial charge is 0.330 e. The quantitative estimate of drug-likeness (QED) is 0.496. The lowest BCUT2D eigenvalue weighted by atomic mass is 10.1. The molecule has 2 heterocycles. The van der Waals surface area contributed by atoms with Gasteiger partial charge < -0.3 is 19.1 Å². The molecule has 2 N–H and O–H groups in total. The van der Waals surface area contributed by atoms with Crippen molar-refractivity contribution in [3.63, 3.8) is 0 Å². The minimum atomic E-state index is -2.61. The molecule has 11 heteroatoms. The highest BCUT2D eigenvalue weighted by Gasteiger charge is 2.51. The molecular formula is C11H17N2O7PS. The van der Waals surface area contributed by atoms with Crippen LogP contribution in [-0.4, -0.2) is 40.3 Å². The van der Waals surface area contributed by atoms with Gasteiger partial charge in [0.2, 0.25) is 13.0 Å². The molecule has 0 radical (unpaired) electrons. The molecule has 1 aliphatic rings. The maximum atomic E-state index is 11.9. The molecule has 0 aliphatic carbocycles. The van der Waals surface area contributed by atoms with E-state index >= 15 is 0 Å². The maximum absolute atomic E-state index is 11.9. The van der Waals surface area contributed by atoms with Crippen molar-refractivity contribution in [2.75, 3.05) is 13.7 Å². The van der Waals surface area contributed by atoms with E-state index in [0.717, 1.165) is 0 Å². The number of hydrogen-bond acceptors (Lipinski definition) is 7. The Bertz CT molecular complexity index is 684. The number of nitrogens with one attached hydrogen (secondary N) is 1. The summed E-state index contributed by atoms with van der Waals surface area (Å²) in [5, 5.41) is 9.54. The zero-order valence-electron chi connectivity index (χ0n) is 11.9. The molecule has 0 aromatic carbocycles. The normalized spacial score (nSPS) is 29.6. The van der Waals surface area contributed by atoms with Crippen molar-refractivity contribution in [1.82, 2.24) is 9.55 Å². The largest absolute Gasteiger partial charge is 0.391 e. The lowest BCUT2D eigenvalue weighted by molar-refractivity contribution is -0.265. The predicted octanol–water partition coefficient (Wildman–Crippen LogP) is -0.196. The summed E-state index contributed by atoms with van der Waals surface area (Å²) in [4.78, 5) is 25.5. The molecule has 9 nitrogen and oxygen atoms in total. The van der Waals surface area contributed by atoms with Gasteiger partial charge in [0.1, 0.15) is 12.3 Å². The second-order valence-electron chi connectivity index (χ2n) is 4.83. The summed E-state index contributed by atoms with van der Waals surface area (Å²) in [6.45, 7) is 0.977. The molecule has 1 aliphatic heterocycles. The Morgan fingerprint density at radius 1 is 1.64 bits per heavy atom. The highest BCUT2D eigenvalue weighted by atomic mass is 32.7. The molecule has 0 spiro atoms. The monoisotopic (exact) mass is 352 g/mol. The number of aliphatic hydroxyl groups excluding tert-OH is 1. The fourth-order valence-corrected chi connectivity index (χ4v) is 3.23. The van der Waals surface area contributed by atoms with Crippen LogP contribution in [0.1, 0.15) is 18.2 Å². The summed E-state index contributed by atoms with van der Waals surface area (Å²) >= 11 is 3.71. The molecular weight excluding hydrogens is 335 g/mol. The number of rotatable bonds is 5. The standard InChI is InChI=1S/C11H17N2O7PS/c1-6-4-13(10(16)12-9(6)15)8-3-7(20-21(17)22)11(5-14,18-2)19-8/h4,7-8,14,21H,3,5H2,1-2H3,(H,17,22)(H,12,15,16)/t7-,8+,11+/m0/s1. The van der Waals surface area contributed by atoms with Crippen LogP contribution >= 0.6 is 19.5 Å². The zero-order valence-corrected chi connectivity index (χ0v) is 13.8. The summed E-state index contributed by atoms with van der Waals surface area (Å²) in [5.41, 5.74) is -0.835. The lowest BCUT2D eigenvalue weighted by Crippen LogP contribution is -2.45. The van der Waals surface area contributed by atoms with Crippen LogP contribution < -0.4 is 11.2 Å². The molecule has 22 heavy (non-hydrogen) atoms. The molecule has 4 atom stereocenters.